The molecule has 5 nitrogen and oxygen atoms in total. The Bertz CT molecular complexity index is 996. The average molecular weight is 400 g/mol. The number of aliphatic hydroxyl groups excluding tert-OH is 1. The first-order chi connectivity index (χ1) is 13.3. The van der Waals surface area contributed by atoms with Crippen LogP contribution in [0.15, 0.2) is 42.0 Å². The molecular formula is C22H22ClNO4. The number of aryl methyl sites for hydroxylation is 2. The summed E-state index contributed by atoms with van der Waals surface area (Å²) in [6.07, 6.45) is 0.652. The van der Waals surface area contributed by atoms with Crippen LogP contribution in [0.3, 0.4) is 0 Å². The van der Waals surface area contributed by atoms with Gasteiger partial charge in [0.25, 0.3) is 11.7 Å². The summed E-state index contributed by atoms with van der Waals surface area (Å²) in [5, 5.41) is 20.8. The molecule has 1 atom stereocenters. The SMILES string of the molecule is CCCN1C(=O)C(=O)/C(=C(\O)c2ccc(C)c(C)c2)C1c1ccc(O)c(Cl)c1. The van der Waals surface area contributed by atoms with Gasteiger partial charge in [-0.1, -0.05) is 36.7 Å². The molecule has 1 unspecified atom stereocenters. The van der Waals surface area contributed by atoms with Crippen LogP contribution in [-0.4, -0.2) is 33.3 Å². The van der Waals surface area contributed by atoms with E-state index in [-0.39, 0.29) is 22.1 Å². The second kappa shape index (κ2) is 7.68. The number of hydrogen-bond donors (Lipinski definition) is 2. The molecule has 2 aromatic carbocycles. The molecule has 1 amide bonds. The van der Waals surface area contributed by atoms with Gasteiger partial charge in [-0.05, 0) is 55.2 Å². The number of halogens is 1. The van der Waals surface area contributed by atoms with Crippen molar-refractivity contribution in [1.82, 2.24) is 4.90 Å². The number of carbonyl (C=O) groups is 2. The molecule has 1 saturated heterocycles. The van der Waals surface area contributed by atoms with E-state index in [4.69, 9.17) is 11.6 Å². The van der Waals surface area contributed by atoms with Crippen LogP contribution in [-0.2, 0) is 9.59 Å². The predicted octanol–water partition coefficient (Wildman–Crippen LogP) is 4.49. The zero-order valence-corrected chi connectivity index (χ0v) is 16.7. The lowest BCUT2D eigenvalue weighted by Gasteiger charge is -2.25. The quantitative estimate of drug-likeness (QED) is 0.451. The summed E-state index contributed by atoms with van der Waals surface area (Å²) >= 11 is 6.06. The van der Waals surface area contributed by atoms with Crippen molar-refractivity contribution >= 4 is 29.1 Å². The monoisotopic (exact) mass is 399 g/mol. The van der Waals surface area contributed by atoms with Crippen molar-refractivity contribution in [2.24, 2.45) is 0 Å². The number of nitrogens with zero attached hydrogens (tertiary/aromatic N) is 1. The summed E-state index contributed by atoms with van der Waals surface area (Å²) in [5.41, 5.74) is 3.10. The second-order valence-corrected chi connectivity index (χ2v) is 7.41. The molecule has 0 saturated carbocycles. The number of aromatic hydroxyl groups is 1. The highest BCUT2D eigenvalue weighted by molar-refractivity contribution is 6.46. The molecule has 3 rings (SSSR count). The first-order valence-electron chi connectivity index (χ1n) is 9.10. The third-order valence-corrected chi connectivity index (χ3v) is 5.38. The van der Waals surface area contributed by atoms with Gasteiger partial charge in [-0.15, -0.1) is 0 Å². The maximum atomic E-state index is 12.8. The predicted molar refractivity (Wildman–Crippen MR) is 108 cm³/mol. The Morgan fingerprint density at radius 1 is 1.11 bits per heavy atom. The summed E-state index contributed by atoms with van der Waals surface area (Å²) < 4.78 is 0. The number of rotatable bonds is 4. The topological polar surface area (TPSA) is 77.8 Å². The number of phenolic OH excluding ortho intramolecular Hbond substituents is 1. The largest absolute Gasteiger partial charge is 0.507 e. The second-order valence-electron chi connectivity index (χ2n) is 7.00. The number of aliphatic hydroxyl groups is 1. The van der Waals surface area contributed by atoms with Crippen LogP contribution in [0.25, 0.3) is 5.76 Å². The molecule has 2 aromatic rings. The van der Waals surface area contributed by atoms with Crippen molar-refractivity contribution in [3.05, 3.63) is 69.2 Å². The number of carbonyl (C=O) groups excluding carboxylic acids is 2. The first kappa shape index (κ1) is 20.0. The van der Waals surface area contributed by atoms with Crippen molar-refractivity contribution in [2.75, 3.05) is 6.54 Å². The molecule has 1 fully saturated rings. The molecule has 0 radical (unpaired) electrons. The molecule has 1 heterocycles. The average Bonchev–Trinajstić information content (AvgIpc) is 2.91. The Morgan fingerprint density at radius 3 is 2.43 bits per heavy atom. The fraction of sp³-hybridized carbons (Fsp3) is 0.273. The van der Waals surface area contributed by atoms with Gasteiger partial charge in [0.05, 0.1) is 16.6 Å². The Kier molecular flexibility index (Phi) is 5.47. The number of benzene rings is 2. The number of Topliss-reactive ketones (excluding diaryl/α,β-unsaturated/α-hetero) is 1. The van der Waals surface area contributed by atoms with E-state index in [1.807, 2.05) is 26.8 Å². The molecule has 0 spiro atoms. The Hall–Kier alpha value is -2.79. The summed E-state index contributed by atoms with van der Waals surface area (Å²) in [5.74, 6) is -1.68. The van der Waals surface area contributed by atoms with Crippen molar-refractivity contribution in [3.8, 4) is 5.75 Å². The van der Waals surface area contributed by atoms with E-state index < -0.39 is 17.7 Å². The van der Waals surface area contributed by atoms with E-state index in [9.17, 15) is 19.8 Å². The molecule has 1 aliphatic heterocycles. The smallest absolute Gasteiger partial charge is 0.295 e. The summed E-state index contributed by atoms with van der Waals surface area (Å²) in [6.45, 7) is 6.14. The van der Waals surface area contributed by atoms with E-state index in [2.05, 4.69) is 0 Å². The van der Waals surface area contributed by atoms with E-state index in [1.54, 1.807) is 18.2 Å². The molecule has 0 bridgehead atoms. The Balaban J connectivity index is 2.22. The van der Waals surface area contributed by atoms with Crippen molar-refractivity contribution < 1.29 is 19.8 Å². The van der Waals surface area contributed by atoms with Gasteiger partial charge in [0.15, 0.2) is 0 Å². The van der Waals surface area contributed by atoms with Gasteiger partial charge in [-0.3, -0.25) is 9.59 Å². The van der Waals surface area contributed by atoms with Gasteiger partial charge in [-0.2, -0.15) is 0 Å². The van der Waals surface area contributed by atoms with Crippen molar-refractivity contribution in [2.45, 2.75) is 33.2 Å². The number of amides is 1. The fourth-order valence-electron chi connectivity index (χ4n) is 3.44. The summed E-state index contributed by atoms with van der Waals surface area (Å²) in [6, 6.07) is 9.15. The maximum Gasteiger partial charge on any atom is 0.295 e. The Labute approximate surface area is 168 Å². The fourth-order valence-corrected chi connectivity index (χ4v) is 3.62. The number of likely N-dealkylation sites (tertiary alicyclic amines) is 1. The van der Waals surface area contributed by atoms with Crippen LogP contribution in [0.4, 0.5) is 0 Å². The molecule has 146 valence electrons. The number of phenols is 1. The van der Waals surface area contributed by atoms with Gasteiger partial charge < -0.3 is 15.1 Å². The standard InChI is InChI=1S/C22H22ClNO4/c1-4-9-24-19(14-7-8-17(25)16(23)11-14)18(21(27)22(24)28)20(26)15-6-5-12(2)13(3)10-15/h5-8,10-11,19,25-26H,4,9H2,1-3H3/b20-18-. The lowest BCUT2D eigenvalue weighted by molar-refractivity contribution is -0.139. The highest BCUT2D eigenvalue weighted by Gasteiger charge is 2.45. The molecule has 0 aromatic heterocycles. The van der Waals surface area contributed by atoms with Gasteiger partial charge >= 0.3 is 0 Å². The van der Waals surface area contributed by atoms with E-state index >= 15 is 0 Å². The van der Waals surface area contributed by atoms with Gasteiger partial charge in [0, 0.05) is 12.1 Å². The molecular weight excluding hydrogens is 378 g/mol. The van der Waals surface area contributed by atoms with Crippen molar-refractivity contribution in [3.63, 3.8) is 0 Å². The lowest BCUT2D eigenvalue weighted by Crippen LogP contribution is -2.30. The Morgan fingerprint density at radius 2 is 1.82 bits per heavy atom. The minimum atomic E-state index is -0.764. The number of hydrogen-bond acceptors (Lipinski definition) is 4. The summed E-state index contributed by atoms with van der Waals surface area (Å²) in [7, 11) is 0. The third-order valence-electron chi connectivity index (χ3n) is 5.07. The van der Waals surface area contributed by atoms with E-state index in [0.717, 1.165) is 11.1 Å². The van der Waals surface area contributed by atoms with Gasteiger partial charge in [0.2, 0.25) is 0 Å². The van der Waals surface area contributed by atoms with Crippen LogP contribution < -0.4 is 0 Å². The zero-order chi connectivity index (χ0) is 20.6. The highest BCUT2D eigenvalue weighted by atomic mass is 35.5. The van der Waals surface area contributed by atoms with E-state index in [1.165, 1.54) is 17.0 Å². The van der Waals surface area contributed by atoms with Crippen LogP contribution in [0.1, 0.15) is 41.6 Å². The first-order valence-corrected chi connectivity index (χ1v) is 9.48. The van der Waals surface area contributed by atoms with Gasteiger partial charge in [-0.25, -0.2) is 0 Å². The van der Waals surface area contributed by atoms with Gasteiger partial charge in [0.1, 0.15) is 11.5 Å². The molecule has 28 heavy (non-hydrogen) atoms. The summed E-state index contributed by atoms with van der Waals surface area (Å²) in [4.78, 5) is 26.9. The molecule has 0 aliphatic carbocycles. The molecule has 1 aliphatic rings. The van der Waals surface area contributed by atoms with Crippen LogP contribution >= 0.6 is 11.6 Å². The van der Waals surface area contributed by atoms with Crippen LogP contribution in [0.5, 0.6) is 5.75 Å². The lowest BCUT2D eigenvalue weighted by atomic mass is 9.94. The highest BCUT2D eigenvalue weighted by Crippen LogP contribution is 2.41. The maximum absolute atomic E-state index is 12.8. The third kappa shape index (κ3) is 3.38. The zero-order valence-electron chi connectivity index (χ0n) is 16.0. The number of ketones is 1. The minimum absolute atomic E-state index is 0.0310. The molecule has 2 N–H and O–H groups in total. The van der Waals surface area contributed by atoms with Crippen molar-refractivity contribution in [1.29, 1.82) is 0 Å². The van der Waals surface area contributed by atoms with Crippen LogP contribution in [0.2, 0.25) is 5.02 Å². The minimum Gasteiger partial charge on any atom is -0.507 e. The van der Waals surface area contributed by atoms with Crippen LogP contribution in [0, 0.1) is 13.8 Å². The normalized spacial score (nSPS) is 18.7. The van der Waals surface area contributed by atoms with E-state index in [0.29, 0.717) is 24.1 Å². The molecule has 6 heteroatoms.